The van der Waals surface area contributed by atoms with Gasteiger partial charge in [0.05, 0.1) is 56.2 Å². The number of rotatable bonds is 36. The number of nitrogens with one attached hydrogen (secondary N) is 3. The summed E-state index contributed by atoms with van der Waals surface area (Å²) in [5.41, 5.74) is 10.9. The van der Waals surface area contributed by atoms with Crippen molar-refractivity contribution in [1.29, 1.82) is 0 Å². The first-order valence-corrected chi connectivity index (χ1v) is 40.1. The van der Waals surface area contributed by atoms with Crippen LogP contribution < -0.4 is 30.9 Å². The van der Waals surface area contributed by atoms with Gasteiger partial charge in [-0.1, -0.05) is 46.9 Å². The van der Waals surface area contributed by atoms with Crippen LogP contribution in [-0.2, 0) is 67.0 Å². The quantitative estimate of drug-likeness (QED) is 0.00325. The van der Waals surface area contributed by atoms with E-state index in [0.717, 1.165) is 41.4 Å². The minimum Gasteiger partial charge on any atom is -0.508 e. The number of esters is 3. The summed E-state index contributed by atoms with van der Waals surface area (Å²) in [6.45, 7) is 25.5. The number of hydrogen-bond acceptors (Lipinski definition) is 21. The lowest BCUT2D eigenvalue weighted by Crippen LogP contribution is -2.38. The lowest BCUT2D eigenvalue weighted by molar-refractivity contribution is -0.156. The van der Waals surface area contributed by atoms with E-state index in [1.54, 1.807) is 75.4 Å². The number of carboxylic acid groups (broad SMARTS) is 1. The third-order valence-corrected chi connectivity index (χ3v) is 17.5. The third-order valence-electron chi connectivity index (χ3n) is 13.7. The Morgan fingerprint density at radius 1 is 0.495 bits per heavy atom. The number of alkyl halides is 7. The van der Waals surface area contributed by atoms with Gasteiger partial charge in [0.15, 0.2) is 0 Å². The number of aliphatic carboxylic acids is 1. The molecule has 0 aliphatic heterocycles. The van der Waals surface area contributed by atoms with Crippen LogP contribution in [0, 0.1) is 31.3 Å². The van der Waals surface area contributed by atoms with Crippen LogP contribution in [-0.4, -0.2) is 219 Å². The Labute approximate surface area is 706 Å². The van der Waals surface area contributed by atoms with Crippen molar-refractivity contribution in [2.75, 3.05) is 66.1 Å². The van der Waals surface area contributed by atoms with E-state index in [0.29, 0.717) is 79.9 Å². The van der Waals surface area contributed by atoms with E-state index in [1.165, 1.54) is 42.5 Å². The molecule has 0 aromatic heterocycles. The number of nitrogens with zero attached hydrogens (tertiary/aromatic N) is 3. The van der Waals surface area contributed by atoms with Crippen molar-refractivity contribution in [3.8, 4) is 23.0 Å². The molecule has 4 atom stereocenters. The van der Waals surface area contributed by atoms with Crippen LogP contribution in [0.4, 0.5) is 14.4 Å². The van der Waals surface area contributed by atoms with Gasteiger partial charge in [0.25, 0.3) is 22.2 Å². The van der Waals surface area contributed by atoms with Gasteiger partial charge >= 0.3 is 41.4 Å². The number of phenolic OH excluding ortho intramolecular Hbond substituents is 2. The standard InChI is InChI=1S/C20H28BCl2N2O5.C16H23BNO4.C15H20Cl2N2O4.C9H16BINO3.C7H7IO.C5H8Cl3NO/c1-14-5-6-17(29-19(28)25(13-23)8-7-22)10-15(14)9-16(24-21-12-26)11-18(27)30-20(2,3)4;1-11-5-6-14(20)8-12(11)7-13(18-17-10-19)9-15(21)22-16(2,3)4;1-10-2-3-13(23-15(22)19(9-17)5-4-16)7-11(10)6-12(18)8-14(20)21;1-9(2,3)15-8(14)4-7(5-11)12-10-6-13;1-5-2-3-6(9)4-7(5)8;6-1-3-9(4-2-7)5(8)10/h5-6,10,12,16,24H,7-9,11,13H2,1-4H3;5-6,8,10,13,18,20H,7,9H2,1-4H3;2-3,7,12H,4-6,8-9,18H2,1H3,(H,20,21);6-7,12H,4-5H2,1-3H3;2-4,9H,1H3;1-4H2/t16-;13-;12-;7-;;/m1110../s1. The molecule has 25 nitrogen and oxygen atoms in total. The predicted molar refractivity (Wildman–Crippen MR) is 453 cm³/mol. The molecule has 0 saturated carbocycles. The van der Waals surface area contributed by atoms with Crippen molar-refractivity contribution < 1.29 is 86.9 Å². The minimum absolute atomic E-state index is 0.0201. The molecular formula is C72H102B3Cl7I2N7O18. The normalized spacial score (nSPS) is 11.8. The molecule has 3 radical (unpaired) electrons. The van der Waals surface area contributed by atoms with Gasteiger partial charge in [-0.2, -0.15) is 0 Å². The van der Waals surface area contributed by atoms with Crippen LogP contribution in [0.15, 0.2) is 72.8 Å². The summed E-state index contributed by atoms with van der Waals surface area (Å²) in [4.78, 5) is 116. The second-order valence-electron chi connectivity index (χ2n) is 26.7. The zero-order valence-electron chi connectivity index (χ0n) is 63.7. The number of halogens is 9. The highest BCUT2D eigenvalue weighted by atomic mass is 127. The number of carbonyl (C=O) groups is 10. The lowest BCUT2D eigenvalue weighted by Gasteiger charge is -2.23. The van der Waals surface area contributed by atoms with Crippen LogP contribution in [0.2, 0.25) is 0 Å². The molecule has 0 aliphatic rings. The molecule has 37 heteroatoms. The zero-order valence-corrected chi connectivity index (χ0v) is 73.3. The van der Waals surface area contributed by atoms with Gasteiger partial charge in [0, 0.05) is 81.9 Å². The molecule has 0 bridgehead atoms. The third kappa shape index (κ3) is 53.5. The Morgan fingerprint density at radius 3 is 1.13 bits per heavy atom. The minimum atomic E-state index is -0.948. The maximum Gasteiger partial charge on any atom is 0.416 e. The number of hydrogen-bond donors (Lipinski definition) is 7. The van der Waals surface area contributed by atoms with Crippen molar-refractivity contribution in [1.82, 2.24) is 30.4 Å². The summed E-state index contributed by atoms with van der Waals surface area (Å²) >= 11 is 43.0. The molecule has 0 fully saturated rings. The summed E-state index contributed by atoms with van der Waals surface area (Å²) in [6, 6.07) is 19.5. The highest BCUT2D eigenvalue weighted by molar-refractivity contribution is 14.1. The van der Waals surface area contributed by atoms with Crippen LogP contribution in [0.1, 0.15) is 127 Å². The summed E-state index contributed by atoms with van der Waals surface area (Å²) in [5, 5.41) is 35.4. The Balaban J connectivity index is 0. The average molecular weight is 1890 g/mol. The van der Waals surface area contributed by atoms with Crippen molar-refractivity contribution >= 4 is 209 Å². The molecule has 0 unspecified atom stereocenters. The fourth-order valence-corrected chi connectivity index (χ4v) is 11.2. The Bertz CT molecular complexity index is 3420. The second kappa shape index (κ2) is 58.7. The summed E-state index contributed by atoms with van der Waals surface area (Å²) in [6.07, 6.45) is 2.37. The maximum absolute atomic E-state index is 12.2. The molecule has 109 heavy (non-hydrogen) atoms. The summed E-state index contributed by atoms with van der Waals surface area (Å²) in [7, 11) is 3.82. The van der Waals surface area contributed by atoms with E-state index in [2.05, 4.69) is 60.9 Å². The Kier molecular flexibility index (Phi) is 57.1. The van der Waals surface area contributed by atoms with E-state index in [9.17, 15) is 53.1 Å². The van der Waals surface area contributed by atoms with Crippen LogP contribution in [0.5, 0.6) is 23.0 Å². The number of aromatic hydroxyl groups is 2. The largest absolute Gasteiger partial charge is 0.508 e. The van der Waals surface area contributed by atoms with Crippen molar-refractivity contribution in [2.45, 2.75) is 176 Å². The topological polar surface area (TPSA) is 349 Å². The van der Waals surface area contributed by atoms with Gasteiger partial charge in [0.1, 0.15) is 39.8 Å². The monoisotopic (exact) mass is 1880 g/mol. The van der Waals surface area contributed by atoms with Crippen molar-refractivity contribution in [2.24, 2.45) is 5.73 Å². The SMILES string of the molecule is CC(C)(C)OC(=O)C[C@@H](CI)N[B]C=O.Cc1ccc(O)cc1C[C@H](CC(=O)OC(C)(C)C)N[B]C=O.Cc1ccc(O)cc1I.Cc1ccc(OC(=O)N(CCl)CCCl)cc1C[C@@H](N)CC(=O)O.Cc1ccc(OC(=O)N(CCl)CCCl)cc1C[C@H](CC(=O)OC(C)(C)C)N[B]C=O.O=C(Cl)N(CCCl)CCCl. The molecule has 0 aliphatic carbocycles. The zero-order chi connectivity index (χ0) is 83.6. The second-order valence-corrected chi connectivity index (χ2v) is 31.1. The van der Waals surface area contributed by atoms with Gasteiger partial charge in [-0.15, -0.1) is 69.6 Å². The molecule has 0 spiro atoms. The first kappa shape index (κ1) is 106. The van der Waals surface area contributed by atoms with E-state index in [-0.39, 0.29) is 104 Å². The first-order chi connectivity index (χ1) is 51.0. The smallest absolute Gasteiger partial charge is 0.416 e. The molecule has 4 aromatic rings. The molecule has 4 rings (SSSR count). The van der Waals surface area contributed by atoms with Crippen LogP contribution in [0.25, 0.3) is 0 Å². The number of phenols is 2. The highest BCUT2D eigenvalue weighted by Crippen LogP contribution is 2.25. The number of aryl methyl sites for hydroxylation is 4. The van der Waals surface area contributed by atoms with E-state index >= 15 is 0 Å². The van der Waals surface area contributed by atoms with Gasteiger partial charge in [-0.25, -0.2) is 9.59 Å². The number of carbonyl (C=O) groups excluding carboxylic acids is 9. The summed E-state index contributed by atoms with van der Waals surface area (Å²) < 4.78 is 28.3. The van der Waals surface area contributed by atoms with Gasteiger partial charge in [-0.3, -0.25) is 33.8 Å². The molecular weight excluding hydrogens is 1790 g/mol. The van der Waals surface area contributed by atoms with Crippen LogP contribution in [0.3, 0.4) is 0 Å². The average Bonchev–Trinajstić information content (AvgIpc) is 0.857. The number of ether oxygens (including phenoxy) is 5. The molecule has 605 valence electrons. The molecule has 8 N–H and O–H groups in total. The van der Waals surface area contributed by atoms with Gasteiger partial charge in [0.2, 0.25) is 0 Å². The molecule has 0 saturated heterocycles. The number of benzene rings is 4. The number of carboxylic acids is 1. The van der Waals surface area contributed by atoms with E-state index in [4.69, 9.17) is 121 Å². The van der Waals surface area contributed by atoms with E-state index in [1.807, 2.05) is 87.4 Å². The predicted octanol–water partition coefficient (Wildman–Crippen LogP) is 12.9. The Hall–Kier alpha value is -5.10. The van der Waals surface area contributed by atoms with E-state index < -0.39 is 46.4 Å². The summed E-state index contributed by atoms with van der Waals surface area (Å²) in [5.74, 6) is 0.569. The van der Waals surface area contributed by atoms with Gasteiger partial charge < -0.3 is 79.7 Å². The fourth-order valence-electron chi connectivity index (χ4n) is 8.68. The molecule has 3 amide bonds. The van der Waals surface area contributed by atoms with Crippen molar-refractivity contribution in [3.05, 3.63) is 115 Å². The molecule has 4 aromatic carbocycles. The lowest BCUT2D eigenvalue weighted by atomic mass is 9.91. The van der Waals surface area contributed by atoms with Crippen LogP contribution >= 0.6 is 126 Å². The van der Waals surface area contributed by atoms with Gasteiger partial charge in [-0.05, 0) is 231 Å². The Morgan fingerprint density at radius 2 is 0.817 bits per heavy atom. The molecule has 0 heterocycles. The highest BCUT2D eigenvalue weighted by Gasteiger charge is 2.25. The number of amides is 3. The van der Waals surface area contributed by atoms with Crippen molar-refractivity contribution in [3.63, 3.8) is 0 Å². The maximum atomic E-state index is 12.2. The fraction of sp³-hybridized carbons (Fsp3) is 0.528. The first-order valence-electron chi connectivity index (χ1n) is 33.9. The number of nitrogens with two attached hydrogens (primary N) is 1.